The van der Waals surface area contributed by atoms with E-state index < -0.39 is 0 Å². The first-order valence-corrected chi connectivity index (χ1v) is 7.99. The van der Waals surface area contributed by atoms with Gasteiger partial charge in [0.25, 0.3) is 5.91 Å². The third-order valence-electron chi connectivity index (χ3n) is 4.47. The lowest BCUT2D eigenvalue weighted by Crippen LogP contribution is -2.61. The third kappa shape index (κ3) is 2.66. The van der Waals surface area contributed by atoms with Crippen molar-refractivity contribution in [2.24, 2.45) is 5.92 Å². The van der Waals surface area contributed by atoms with Crippen LogP contribution in [0.4, 0.5) is 0 Å². The van der Waals surface area contributed by atoms with E-state index in [0.29, 0.717) is 5.56 Å². The lowest BCUT2D eigenvalue weighted by molar-refractivity contribution is -0.137. The molecule has 0 spiro atoms. The highest BCUT2D eigenvalue weighted by molar-refractivity contribution is 6.07. The summed E-state index contributed by atoms with van der Waals surface area (Å²) in [7, 11) is 0. The predicted molar refractivity (Wildman–Crippen MR) is 84.4 cm³/mol. The van der Waals surface area contributed by atoms with Crippen LogP contribution in [0.1, 0.15) is 29.8 Å². The fourth-order valence-electron chi connectivity index (χ4n) is 3.26. The first-order chi connectivity index (χ1) is 10.6. The number of rotatable bonds is 2. The number of nitrogens with zero attached hydrogens (tertiary/aromatic N) is 2. The van der Waals surface area contributed by atoms with E-state index in [-0.39, 0.29) is 23.9 Å². The molecule has 1 unspecified atom stereocenters. The molecule has 1 aromatic rings. The van der Waals surface area contributed by atoms with Crippen LogP contribution < -0.4 is 5.32 Å². The van der Waals surface area contributed by atoms with Gasteiger partial charge in [0.2, 0.25) is 5.91 Å². The maximum absolute atomic E-state index is 12.9. The molecule has 1 N–H and O–H groups in total. The monoisotopic (exact) mass is 301 g/mol. The molecule has 0 aliphatic carbocycles. The molecule has 5 nitrogen and oxygen atoms in total. The zero-order valence-corrected chi connectivity index (χ0v) is 13.2. The van der Waals surface area contributed by atoms with Gasteiger partial charge in [0.1, 0.15) is 0 Å². The van der Waals surface area contributed by atoms with Crippen LogP contribution in [-0.4, -0.2) is 54.0 Å². The predicted octanol–water partition coefficient (Wildman–Crippen LogP) is 1.10. The minimum absolute atomic E-state index is 0.0805. The van der Waals surface area contributed by atoms with Crippen LogP contribution in [0.2, 0.25) is 0 Å². The molecule has 2 aliphatic rings. The van der Waals surface area contributed by atoms with Crippen molar-refractivity contribution in [3.8, 4) is 0 Å². The van der Waals surface area contributed by atoms with E-state index in [1.807, 2.05) is 38.1 Å². The van der Waals surface area contributed by atoms with Crippen LogP contribution in [0.5, 0.6) is 0 Å². The van der Waals surface area contributed by atoms with Crippen LogP contribution in [0.15, 0.2) is 24.3 Å². The first-order valence-electron chi connectivity index (χ1n) is 7.99. The molecule has 0 bridgehead atoms. The van der Waals surface area contributed by atoms with E-state index in [1.54, 1.807) is 0 Å². The number of amides is 2. The third-order valence-corrected chi connectivity index (χ3v) is 4.47. The van der Waals surface area contributed by atoms with Gasteiger partial charge in [0.15, 0.2) is 0 Å². The van der Waals surface area contributed by atoms with E-state index in [9.17, 15) is 9.59 Å². The molecule has 0 radical (unpaired) electrons. The molecule has 2 heterocycles. The number of piperazine rings is 1. The fourth-order valence-corrected chi connectivity index (χ4v) is 3.26. The van der Waals surface area contributed by atoms with Crippen LogP contribution >= 0.6 is 0 Å². The SMILES string of the molecule is CC(C)C(=O)N1C(=O)c2ccccc2CC1N1CCNCC1. The minimum Gasteiger partial charge on any atom is -0.314 e. The molecule has 5 heteroatoms. The molecular formula is C17H23N3O2. The molecule has 2 aliphatic heterocycles. The van der Waals surface area contributed by atoms with Crippen LogP contribution in [0, 0.1) is 5.92 Å². The van der Waals surface area contributed by atoms with Crippen LogP contribution in [0.25, 0.3) is 0 Å². The Labute approximate surface area is 131 Å². The Morgan fingerprint density at radius 1 is 1.23 bits per heavy atom. The van der Waals surface area contributed by atoms with Crippen molar-refractivity contribution in [3.05, 3.63) is 35.4 Å². The molecule has 1 aromatic carbocycles. The second kappa shape index (κ2) is 6.18. The van der Waals surface area contributed by atoms with Gasteiger partial charge in [-0.2, -0.15) is 0 Å². The fraction of sp³-hybridized carbons (Fsp3) is 0.529. The Morgan fingerprint density at radius 2 is 1.91 bits per heavy atom. The number of carbonyl (C=O) groups is 2. The molecule has 22 heavy (non-hydrogen) atoms. The lowest BCUT2D eigenvalue weighted by atomic mass is 9.94. The van der Waals surface area contributed by atoms with E-state index in [0.717, 1.165) is 38.2 Å². The van der Waals surface area contributed by atoms with E-state index >= 15 is 0 Å². The number of fused-ring (bicyclic) bond motifs is 1. The molecule has 1 fully saturated rings. The highest BCUT2D eigenvalue weighted by atomic mass is 16.2. The largest absolute Gasteiger partial charge is 0.314 e. The Morgan fingerprint density at radius 3 is 2.59 bits per heavy atom. The molecule has 2 amide bonds. The van der Waals surface area contributed by atoms with E-state index in [1.165, 1.54) is 4.90 Å². The smallest absolute Gasteiger partial charge is 0.262 e. The molecule has 3 rings (SSSR count). The summed E-state index contributed by atoms with van der Waals surface area (Å²) < 4.78 is 0. The molecule has 0 saturated carbocycles. The van der Waals surface area contributed by atoms with Gasteiger partial charge in [-0.15, -0.1) is 0 Å². The van der Waals surface area contributed by atoms with Gasteiger partial charge < -0.3 is 5.32 Å². The van der Waals surface area contributed by atoms with Crippen molar-refractivity contribution in [2.45, 2.75) is 26.4 Å². The lowest BCUT2D eigenvalue weighted by Gasteiger charge is -2.43. The summed E-state index contributed by atoms with van der Waals surface area (Å²) >= 11 is 0. The second-order valence-electron chi connectivity index (χ2n) is 6.30. The molecule has 0 aromatic heterocycles. The number of imide groups is 1. The summed E-state index contributed by atoms with van der Waals surface area (Å²) in [5.74, 6) is -0.410. The van der Waals surface area contributed by atoms with Gasteiger partial charge in [-0.3, -0.25) is 19.4 Å². The van der Waals surface area contributed by atoms with Crippen molar-refractivity contribution < 1.29 is 9.59 Å². The molecular weight excluding hydrogens is 278 g/mol. The normalized spacial score (nSPS) is 22.8. The summed E-state index contributed by atoms with van der Waals surface area (Å²) in [5, 5.41) is 3.32. The van der Waals surface area contributed by atoms with Crippen LogP contribution in [0.3, 0.4) is 0 Å². The quantitative estimate of drug-likeness (QED) is 0.889. The molecule has 1 atom stereocenters. The Hall–Kier alpha value is -1.72. The molecule has 118 valence electrons. The maximum atomic E-state index is 12.9. The summed E-state index contributed by atoms with van der Waals surface area (Å²) in [6.45, 7) is 7.23. The Kier molecular flexibility index (Phi) is 4.27. The zero-order chi connectivity index (χ0) is 15.7. The number of benzene rings is 1. The second-order valence-corrected chi connectivity index (χ2v) is 6.30. The average Bonchev–Trinajstić information content (AvgIpc) is 2.55. The number of nitrogens with one attached hydrogen (secondary N) is 1. The van der Waals surface area contributed by atoms with Gasteiger partial charge in [0.05, 0.1) is 6.17 Å². The number of hydrogen-bond donors (Lipinski definition) is 1. The summed E-state index contributed by atoms with van der Waals surface area (Å²) in [6.07, 6.45) is 0.569. The van der Waals surface area contributed by atoms with Gasteiger partial charge in [-0.25, -0.2) is 0 Å². The highest BCUT2D eigenvalue weighted by Crippen LogP contribution is 2.27. The first kappa shape index (κ1) is 15.2. The summed E-state index contributed by atoms with van der Waals surface area (Å²) in [5.41, 5.74) is 1.71. The van der Waals surface area contributed by atoms with Crippen molar-refractivity contribution in [1.82, 2.24) is 15.1 Å². The van der Waals surface area contributed by atoms with Crippen molar-refractivity contribution in [2.75, 3.05) is 26.2 Å². The van der Waals surface area contributed by atoms with Gasteiger partial charge in [0, 0.05) is 44.1 Å². The number of carbonyl (C=O) groups excluding carboxylic acids is 2. The average molecular weight is 301 g/mol. The van der Waals surface area contributed by atoms with Crippen molar-refractivity contribution in [3.63, 3.8) is 0 Å². The van der Waals surface area contributed by atoms with E-state index in [2.05, 4.69) is 10.2 Å². The Bertz CT molecular complexity index is 579. The van der Waals surface area contributed by atoms with Gasteiger partial charge in [-0.1, -0.05) is 32.0 Å². The summed E-state index contributed by atoms with van der Waals surface area (Å²) in [4.78, 5) is 29.3. The summed E-state index contributed by atoms with van der Waals surface area (Å²) in [6, 6.07) is 7.65. The standard InChI is InChI=1S/C17H23N3O2/c1-12(2)16(21)20-15(19-9-7-18-8-10-19)11-13-5-3-4-6-14(13)17(20)22/h3-6,12,15,18H,7-11H2,1-2H3. The number of hydrogen-bond acceptors (Lipinski definition) is 4. The van der Waals surface area contributed by atoms with Gasteiger partial charge >= 0.3 is 0 Å². The van der Waals surface area contributed by atoms with Crippen molar-refractivity contribution in [1.29, 1.82) is 0 Å². The van der Waals surface area contributed by atoms with Crippen molar-refractivity contribution >= 4 is 11.8 Å². The molecule has 1 saturated heterocycles. The zero-order valence-electron chi connectivity index (χ0n) is 13.2. The highest BCUT2D eigenvalue weighted by Gasteiger charge is 2.40. The maximum Gasteiger partial charge on any atom is 0.262 e. The topological polar surface area (TPSA) is 52.7 Å². The van der Waals surface area contributed by atoms with E-state index in [4.69, 9.17) is 0 Å². The van der Waals surface area contributed by atoms with Gasteiger partial charge in [-0.05, 0) is 11.6 Å². The minimum atomic E-state index is -0.181. The Balaban J connectivity index is 1.98. The van der Waals surface area contributed by atoms with Crippen LogP contribution in [-0.2, 0) is 11.2 Å².